The average Bonchev–Trinajstić information content (AvgIpc) is 2.91. The molecule has 3 aromatic rings. The first-order chi connectivity index (χ1) is 17.1. The van der Waals surface area contributed by atoms with Gasteiger partial charge in [0.25, 0.3) is 5.91 Å². The molecule has 2 aromatic carbocycles. The minimum atomic E-state index is -0.413. The summed E-state index contributed by atoms with van der Waals surface area (Å²) in [5.74, 6) is 1.28. The van der Waals surface area contributed by atoms with Crippen LogP contribution in [-0.4, -0.2) is 61.0 Å². The summed E-state index contributed by atoms with van der Waals surface area (Å²) in [5, 5.41) is 5.27. The Balaban J connectivity index is 1.48. The number of anilines is 3. The van der Waals surface area contributed by atoms with Crippen molar-refractivity contribution in [3.63, 3.8) is 0 Å². The van der Waals surface area contributed by atoms with E-state index < -0.39 is 6.04 Å². The molecular weight excluding hydrogens is 464 g/mol. The van der Waals surface area contributed by atoms with E-state index in [4.69, 9.17) is 9.72 Å². The van der Waals surface area contributed by atoms with Gasteiger partial charge in [0.2, 0.25) is 0 Å². The molecule has 1 unspecified atom stereocenters. The number of nitrogens with one attached hydrogen (secondary N) is 2. The molecule has 0 radical (unpaired) electrons. The van der Waals surface area contributed by atoms with Gasteiger partial charge in [-0.15, -0.1) is 11.8 Å². The number of rotatable bonds is 5. The third kappa shape index (κ3) is 4.67. The summed E-state index contributed by atoms with van der Waals surface area (Å²) >= 11 is 1.68. The molecule has 2 N–H and O–H groups in total. The van der Waals surface area contributed by atoms with Crippen molar-refractivity contribution in [1.82, 2.24) is 15.3 Å². The second-order valence-corrected chi connectivity index (χ2v) is 9.12. The predicted octanol–water partition coefficient (Wildman–Crippen LogP) is 3.37. The van der Waals surface area contributed by atoms with E-state index in [1.165, 1.54) is 4.90 Å². The lowest BCUT2D eigenvalue weighted by Crippen LogP contribution is -2.58. The highest BCUT2D eigenvalue weighted by molar-refractivity contribution is 7.98. The Morgan fingerprint density at radius 1 is 1.17 bits per heavy atom. The third-order valence-electron chi connectivity index (χ3n) is 6.12. The van der Waals surface area contributed by atoms with Crippen LogP contribution in [-0.2, 0) is 16.1 Å². The number of urea groups is 1. The van der Waals surface area contributed by atoms with Crippen LogP contribution in [0.25, 0.3) is 11.4 Å². The van der Waals surface area contributed by atoms with Gasteiger partial charge >= 0.3 is 6.03 Å². The monoisotopic (exact) mass is 490 g/mol. The van der Waals surface area contributed by atoms with Crippen molar-refractivity contribution in [2.24, 2.45) is 0 Å². The molecule has 5 rings (SSSR count). The molecule has 3 amide bonds. The van der Waals surface area contributed by atoms with E-state index in [0.29, 0.717) is 43.5 Å². The molecule has 180 valence electrons. The van der Waals surface area contributed by atoms with Gasteiger partial charge in [-0.05, 0) is 48.2 Å². The highest BCUT2D eigenvalue weighted by atomic mass is 32.2. The summed E-state index contributed by atoms with van der Waals surface area (Å²) in [7, 11) is 1.57. The van der Waals surface area contributed by atoms with Crippen LogP contribution in [0.1, 0.15) is 5.56 Å². The molecule has 0 spiro atoms. The smallest absolute Gasteiger partial charge is 0.318 e. The van der Waals surface area contributed by atoms with Crippen LogP contribution in [0.15, 0.2) is 59.6 Å². The Kier molecular flexibility index (Phi) is 6.56. The Labute approximate surface area is 207 Å². The number of hydrogen-bond acceptors (Lipinski definition) is 7. The maximum atomic E-state index is 13.5. The van der Waals surface area contributed by atoms with E-state index >= 15 is 0 Å². The lowest BCUT2D eigenvalue weighted by molar-refractivity contribution is -0.122. The van der Waals surface area contributed by atoms with Gasteiger partial charge in [0.05, 0.1) is 26.0 Å². The van der Waals surface area contributed by atoms with Crippen molar-refractivity contribution in [2.45, 2.75) is 17.5 Å². The van der Waals surface area contributed by atoms with E-state index in [1.54, 1.807) is 42.0 Å². The number of morpholine rings is 1. The summed E-state index contributed by atoms with van der Waals surface area (Å²) in [6, 6.07) is 14.9. The SMILES string of the molecule is CNC(=O)Nc1ccc(-c2ncc3c(n2)N2CCOCC2C(=O)N3Cc2ccc(SC)cc2)cc1. The minimum Gasteiger partial charge on any atom is -0.377 e. The second-order valence-electron chi connectivity index (χ2n) is 8.24. The van der Waals surface area contributed by atoms with Crippen LogP contribution in [0.5, 0.6) is 0 Å². The van der Waals surface area contributed by atoms with Crippen LogP contribution in [0.2, 0.25) is 0 Å². The summed E-state index contributed by atoms with van der Waals surface area (Å²) < 4.78 is 5.65. The maximum Gasteiger partial charge on any atom is 0.318 e. The van der Waals surface area contributed by atoms with E-state index in [9.17, 15) is 9.59 Å². The Morgan fingerprint density at radius 3 is 2.66 bits per heavy atom. The van der Waals surface area contributed by atoms with Crippen molar-refractivity contribution in [3.8, 4) is 11.4 Å². The molecule has 1 aromatic heterocycles. The second kappa shape index (κ2) is 9.93. The molecule has 0 saturated carbocycles. The molecular formula is C25H26N6O3S. The number of carbonyl (C=O) groups excluding carboxylic acids is 2. The zero-order valence-corrected chi connectivity index (χ0v) is 20.3. The van der Waals surface area contributed by atoms with Gasteiger partial charge in [0.1, 0.15) is 11.7 Å². The quantitative estimate of drug-likeness (QED) is 0.529. The summed E-state index contributed by atoms with van der Waals surface area (Å²) in [5.41, 5.74) is 3.22. The minimum absolute atomic E-state index is 0.00730. The predicted molar refractivity (Wildman–Crippen MR) is 137 cm³/mol. The fourth-order valence-electron chi connectivity index (χ4n) is 4.24. The molecule has 0 aliphatic carbocycles. The average molecular weight is 491 g/mol. The summed E-state index contributed by atoms with van der Waals surface area (Å²) in [4.78, 5) is 39.5. The number of benzene rings is 2. The number of fused-ring (bicyclic) bond motifs is 3. The van der Waals surface area contributed by atoms with Crippen molar-refractivity contribution in [3.05, 3.63) is 60.3 Å². The van der Waals surface area contributed by atoms with Crippen LogP contribution in [0, 0.1) is 0 Å². The first kappa shape index (κ1) is 23.1. The van der Waals surface area contributed by atoms with E-state index in [2.05, 4.69) is 27.8 Å². The number of thioether (sulfide) groups is 1. The number of amides is 3. The lowest BCUT2D eigenvalue weighted by atomic mass is 10.1. The first-order valence-electron chi connectivity index (χ1n) is 11.3. The number of aromatic nitrogens is 2. The standard InChI is InChI=1S/C25H26N6O3S/c1-26-25(33)28-18-7-5-17(6-8-18)22-27-13-20-23(29-22)30-11-12-34-15-21(30)24(32)31(20)14-16-3-9-19(35-2)10-4-16/h3-10,13,21H,11-12,14-15H2,1-2H3,(H2,26,28,33). The molecule has 2 aliphatic rings. The van der Waals surface area contributed by atoms with Gasteiger partial charge in [-0.1, -0.05) is 12.1 Å². The number of nitrogens with zero attached hydrogens (tertiary/aromatic N) is 4. The van der Waals surface area contributed by atoms with Gasteiger partial charge in [-0.3, -0.25) is 4.79 Å². The topological polar surface area (TPSA) is 99.7 Å². The molecule has 3 heterocycles. The van der Waals surface area contributed by atoms with E-state index in [1.807, 2.05) is 35.4 Å². The maximum absolute atomic E-state index is 13.5. The van der Waals surface area contributed by atoms with Gasteiger partial charge in [0.15, 0.2) is 11.6 Å². The van der Waals surface area contributed by atoms with Crippen molar-refractivity contribution in [1.29, 1.82) is 0 Å². The van der Waals surface area contributed by atoms with Crippen molar-refractivity contribution < 1.29 is 14.3 Å². The molecule has 2 aliphatic heterocycles. The number of carbonyl (C=O) groups is 2. The molecule has 0 bridgehead atoms. The van der Waals surface area contributed by atoms with Gasteiger partial charge < -0.3 is 25.2 Å². The fourth-order valence-corrected chi connectivity index (χ4v) is 4.65. The molecule has 1 saturated heterocycles. The lowest BCUT2D eigenvalue weighted by Gasteiger charge is -2.43. The van der Waals surface area contributed by atoms with Gasteiger partial charge in [-0.25, -0.2) is 14.8 Å². The molecule has 10 heteroatoms. The Morgan fingerprint density at radius 2 is 1.94 bits per heavy atom. The highest BCUT2D eigenvalue weighted by Gasteiger charge is 2.41. The first-order valence-corrected chi connectivity index (χ1v) is 12.5. The van der Waals surface area contributed by atoms with Crippen LogP contribution in [0.4, 0.5) is 22.0 Å². The molecule has 9 nitrogen and oxygen atoms in total. The number of hydrogen-bond donors (Lipinski definition) is 2. The fraction of sp³-hybridized carbons (Fsp3) is 0.280. The van der Waals surface area contributed by atoms with Crippen LogP contribution in [0.3, 0.4) is 0 Å². The van der Waals surface area contributed by atoms with Crippen molar-refractivity contribution in [2.75, 3.05) is 48.2 Å². The zero-order chi connectivity index (χ0) is 24.4. The Bertz CT molecular complexity index is 1230. The van der Waals surface area contributed by atoms with Crippen LogP contribution < -0.4 is 20.4 Å². The van der Waals surface area contributed by atoms with E-state index in [-0.39, 0.29) is 11.9 Å². The number of ether oxygens (including phenoxy) is 1. The third-order valence-corrected chi connectivity index (χ3v) is 6.86. The van der Waals surface area contributed by atoms with E-state index in [0.717, 1.165) is 16.9 Å². The van der Waals surface area contributed by atoms with Crippen LogP contribution >= 0.6 is 11.8 Å². The van der Waals surface area contributed by atoms with Gasteiger partial charge in [0, 0.05) is 29.7 Å². The Hall–Kier alpha value is -3.63. The molecule has 35 heavy (non-hydrogen) atoms. The normalized spacial score (nSPS) is 17.0. The highest BCUT2D eigenvalue weighted by Crippen LogP contribution is 2.37. The zero-order valence-electron chi connectivity index (χ0n) is 19.5. The van der Waals surface area contributed by atoms with Gasteiger partial charge in [-0.2, -0.15) is 0 Å². The van der Waals surface area contributed by atoms with Crippen molar-refractivity contribution >= 4 is 40.9 Å². The summed E-state index contributed by atoms with van der Waals surface area (Å²) in [6.07, 6.45) is 3.77. The molecule has 1 atom stereocenters. The molecule has 1 fully saturated rings. The summed E-state index contributed by atoms with van der Waals surface area (Å²) in [6.45, 7) is 1.90. The largest absolute Gasteiger partial charge is 0.377 e.